The molecule has 0 saturated carbocycles. The Kier molecular flexibility index (Phi) is 13.6. The predicted molar refractivity (Wildman–Crippen MR) is 238 cm³/mol. The molecule has 9 aromatic rings. The van der Waals surface area contributed by atoms with Crippen LogP contribution < -0.4 is 12.4 Å². The number of furan rings is 3. The second kappa shape index (κ2) is 19.7. The highest BCUT2D eigenvalue weighted by atomic mass is 35.5. The van der Waals surface area contributed by atoms with Crippen LogP contribution >= 0.6 is 35.3 Å². The minimum absolute atomic E-state index is 0. The molecule has 3 heterocycles. The van der Waals surface area contributed by atoms with E-state index in [1.807, 2.05) is 48.5 Å². The Labute approximate surface area is 371 Å². The molecule has 3 aromatic heterocycles. The monoisotopic (exact) mass is 876 g/mol. The molecule has 0 aliphatic carbocycles. The number of carbonyl (C=O) groups is 1. The van der Waals surface area contributed by atoms with Gasteiger partial charge < -0.3 is 25.7 Å². The van der Waals surface area contributed by atoms with Gasteiger partial charge in [0.2, 0.25) is 5.78 Å². The Bertz CT molecular complexity index is 2570. The molecule has 296 valence electrons. The highest BCUT2D eigenvalue weighted by Gasteiger charge is 2.29. The number of rotatable bonds is 15. The Balaban J connectivity index is 0.00000499. The molecular weight excluding hydrogens is 840 g/mol. The molecule has 0 aliphatic heterocycles. The lowest BCUT2D eigenvalue weighted by molar-refractivity contribution is -0.0000196. The summed E-state index contributed by atoms with van der Waals surface area (Å²) in [6.45, 7) is 0. The van der Waals surface area contributed by atoms with E-state index in [2.05, 4.69) is 121 Å². The third-order valence-corrected chi connectivity index (χ3v) is 14.8. The topological polar surface area (TPSA) is 56.5 Å². The minimum atomic E-state index is -0.332. The van der Waals surface area contributed by atoms with E-state index in [1.165, 1.54) is 51.7 Å². The van der Waals surface area contributed by atoms with Crippen LogP contribution in [0.4, 0.5) is 0 Å². The average molecular weight is 878 g/mol. The minimum Gasteiger partial charge on any atom is -1.00 e. The van der Waals surface area contributed by atoms with Gasteiger partial charge in [0.1, 0.15) is 11.5 Å². The number of hydrogen-bond donors (Lipinski definition) is 0. The summed E-state index contributed by atoms with van der Waals surface area (Å²) in [6, 6.07) is 63.4. The Morgan fingerprint density at radius 1 is 0.400 bits per heavy atom. The molecule has 0 fully saturated rings. The molecule has 4 nitrogen and oxygen atoms in total. The van der Waals surface area contributed by atoms with Crippen LogP contribution in [0.1, 0.15) is 38.8 Å². The molecular formula is C51H37ClO4S4. The average Bonchev–Trinajstić information content (AvgIpc) is 4.11. The fourth-order valence-electron chi connectivity index (χ4n) is 6.55. The van der Waals surface area contributed by atoms with Crippen LogP contribution in [0.3, 0.4) is 0 Å². The van der Waals surface area contributed by atoms with Crippen molar-refractivity contribution in [1.82, 2.24) is 0 Å². The van der Waals surface area contributed by atoms with Crippen molar-refractivity contribution in [2.75, 3.05) is 0 Å². The highest BCUT2D eigenvalue weighted by molar-refractivity contribution is 8.00. The van der Waals surface area contributed by atoms with E-state index in [0.29, 0.717) is 11.3 Å². The maximum atomic E-state index is 12.7. The van der Waals surface area contributed by atoms with Gasteiger partial charge in [-0.2, -0.15) is 0 Å². The smallest absolute Gasteiger partial charge is 0.228 e. The van der Waals surface area contributed by atoms with E-state index in [-0.39, 0.29) is 29.1 Å². The number of carbonyl (C=O) groups excluding carboxylic acids is 1. The van der Waals surface area contributed by atoms with E-state index in [0.717, 1.165) is 34.2 Å². The van der Waals surface area contributed by atoms with Gasteiger partial charge >= 0.3 is 0 Å². The summed E-state index contributed by atoms with van der Waals surface area (Å²) in [7, 11) is -0.332. The molecule has 0 radical (unpaired) electrons. The molecule has 0 bridgehead atoms. The number of benzene rings is 6. The summed E-state index contributed by atoms with van der Waals surface area (Å²) in [5, 5.41) is 0. The van der Waals surface area contributed by atoms with Crippen molar-refractivity contribution in [2.45, 2.75) is 56.9 Å². The summed E-state index contributed by atoms with van der Waals surface area (Å²) in [5.41, 5.74) is 3.06. The van der Waals surface area contributed by atoms with Crippen molar-refractivity contribution < 1.29 is 30.5 Å². The van der Waals surface area contributed by atoms with Crippen LogP contribution in [0.5, 0.6) is 0 Å². The molecule has 0 unspecified atom stereocenters. The first-order valence-corrected chi connectivity index (χ1v) is 22.7. The van der Waals surface area contributed by atoms with Crippen molar-refractivity contribution in [2.24, 2.45) is 0 Å². The molecule has 0 atom stereocenters. The molecule has 9 heteroatoms. The number of hydrogen-bond acceptors (Lipinski definition) is 7. The molecule has 0 aliphatic rings. The van der Waals surface area contributed by atoms with Gasteiger partial charge in [-0.15, -0.1) is 0 Å². The van der Waals surface area contributed by atoms with E-state index >= 15 is 0 Å². The molecule has 0 spiro atoms. The molecule has 9 rings (SSSR count). The molecule has 0 saturated heterocycles. The largest absolute Gasteiger partial charge is 1.00 e. The van der Waals surface area contributed by atoms with E-state index in [4.69, 9.17) is 13.3 Å². The predicted octanol–water partition coefficient (Wildman–Crippen LogP) is 11.4. The fraction of sp³-hybridized carbons (Fsp3) is 0.0392. The van der Waals surface area contributed by atoms with Gasteiger partial charge in [-0.1, -0.05) is 59.6 Å². The first-order chi connectivity index (χ1) is 29.1. The summed E-state index contributed by atoms with van der Waals surface area (Å²) >= 11 is 5.22. The number of ketones is 1. The first kappa shape index (κ1) is 41.3. The van der Waals surface area contributed by atoms with Gasteiger partial charge in [-0.25, -0.2) is 0 Å². The van der Waals surface area contributed by atoms with Gasteiger partial charge in [-0.05, 0) is 169 Å². The molecule has 6 aromatic carbocycles. The maximum absolute atomic E-state index is 12.7. The van der Waals surface area contributed by atoms with Gasteiger partial charge in [0, 0.05) is 47.8 Å². The summed E-state index contributed by atoms with van der Waals surface area (Å²) in [5.74, 6) is 2.16. The normalized spacial score (nSPS) is 11.1. The molecule has 60 heavy (non-hydrogen) atoms. The van der Waals surface area contributed by atoms with Crippen LogP contribution in [0, 0.1) is 0 Å². The second-order valence-electron chi connectivity index (χ2n) is 13.7. The number of halogens is 1. The Morgan fingerprint density at radius 3 is 1.07 bits per heavy atom. The fourth-order valence-corrected chi connectivity index (χ4v) is 11.0. The van der Waals surface area contributed by atoms with E-state index in [9.17, 15) is 4.79 Å². The van der Waals surface area contributed by atoms with Gasteiger partial charge in [0.25, 0.3) is 0 Å². The highest BCUT2D eigenvalue weighted by Crippen LogP contribution is 2.38. The van der Waals surface area contributed by atoms with Crippen molar-refractivity contribution in [3.05, 3.63) is 235 Å². The summed E-state index contributed by atoms with van der Waals surface area (Å²) in [4.78, 5) is 23.5. The quantitative estimate of drug-likeness (QED) is 0.0751. The SMILES string of the molecule is O=C(c1ccc(Sc2ccc([S+](c3ccc(Sc4ccc(Cc5ccco5)cc4)cc3)c3ccc(Sc4ccc(Cc5ccco5)cc4)cc3)cc2)cc1)c1ccco1.[Cl-]. The standard InChI is InChI=1S/C51H37O4S4.ClH/c52-51(50-6-3-33-55-50)38-11-17-43(18-12-38)58-46-23-29-49(30-24-46)59(47-25-19-44(20-26-47)56-41-13-7-36(8-14-41)34-39-4-1-31-53-39)48-27-21-45(22-28-48)57-42-15-9-37(10-16-42)35-40-5-2-32-54-40;/h1-33H,34-35H2;1H/q+1;/p-1. The van der Waals surface area contributed by atoms with Crippen molar-refractivity contribution >= 4 is 52.0 Å². The zero-order chi connectivity index (χ0) is 39.8. The van der Waals surface area contributed by atoms with E-state index < -0.39 is 0 Å². The third kappa shape index (κ3) is 10.4. The van der Waals surface area contributed by atoms with Crippen LogP contribution in [0.25, 0.3) is 0 Å². The molecule has 0 amide bonds. The summed E-state index contributed by atoms with van der Waals surface area (Å²) in [6.07, 6.45) is 6.54. The lowest BCUT2D eigenvalue weighted by atomic mass is 10.1. The van der Waals surface area contributed by atoms with Gasteiger partial charge in [0.15, 0.2) is 20.4 Å². The maximum Gasteiger partial charge on any atom is 0.228 e. The van der Waals surface area contributed by atoms with Crippen LogP contribution in [-0.2, 0) is 23.7 Å². The summed E-state index contributed by atoms with van der Waals surface area (Å²) < 4.78 is 16.4. The van der Waals surface area contributed by atoms with Gasteiger partial charge in [0.05, 0.1) is 29.7 Å². The Hall–Kier alpha value is -5.48. The van der Waals surface area contributed by atoms with Crippen LogP contribution in [-0.4, -0.2) is 5.78 Å². The van der Waals surface area contributed by atoms with Crippen LogP contribution in [0.2, 0.25) is 0 Å². The third-order valence-electron chi connectivity index (χ3n) is 9.51. The first-order valence-electron chi connectivity index (χ1n) is 19.1. The zero-order valence-corrected chi connectivity index (χ0v) is 36.1. The van der Waals surface area contributed by atoms with Crippen molar-refractivity contribution in [3.63, 3.8) is 0 Å². The second-order valence-corrected chi connectivity index (χ2v) is 19.1. The molecule has 0 N–H and O–H groups in total. The van der Waals surface area contributed by atoms with Crippen molar-refractivity contribution in [3.8, 4) is 0 Å². The Morgan fingerprint density at radius 2 is 0.733 bits per heavy atom. The van der Waals surface area contributed by atoms with Gasteiger partial charge in [-0.3, -0.25) is 4.79 Å². The van der Waals surface area contributed by atoms with E-state index in [1.54, 1.807) is 59.9 Å². The van der Waals surface area contributed by atoms with Crippen LogP contribution in [0.15, 0.2) is 258 Å². The lowest BCUT2D eigenvalue weighted by Gasteiger charge is -2.11. The lowest BCUT2D eigenvalue weighted by Crippen LogP contribution is -3.00. The van der Waals surface area contributed by atoms with Crippen molar-refractivity contribution in [1.29, 1.82) is 0 Å². The zero-order valence-electron chi connectivity index (χ0n) is 32.1.